The number of fused-ring (bicyclic) bond motifs is 1. The first-order chi connectivity index (χ1) is 10.4. The molecule has 1 nitrogen and oxygen atoms in total. The van der Waals surface area contributed by atoms with Gasteiger partial charge in [0.25, 0.3) is 0 Å². The minimum atomic E-state index is 1.10. The number of rotatable bonds is 6. The monoisotopic (exact) mass is 277 g/mol. The summed E-state index contributed by atoms with van der Waals surface area (Å²) in [5, 5.41) is 1.37. The zero-order chi connectivity index (χ0) is 14.5. The Morgan fingerprint density at radius 1 is 0.857 bits per heavy atom. The SMILES string of the molecule is CCc1cccc2ccn(CCCCc3ccccc3)c12. The second-order valence-electron chi connectivity index (χ2n) is 5.66. The molecule has 3 rings (SSSR count). The lowest BCUT2D eigenvalue weighted by molar-refractivity contribution is 0.623. The molecule has 0 spiro atoms. The first-order valence-electron chi connectivity index (χ1n) is 7.99. The second-order valence-corrected chi connectivity index (χ2v) is 5.66. The third-order valence-electron chi connectivity index (χ3n) is 4.21. The Hall–Kier alpha value is -2.02. The van der Waals surface area contributed by atoms with Crippen molar-refractivity contribution in [1.29, 1.82) is 0 Å². The molecule has 0 N–H and O–H groups in total. The van der Waals surface area contributed by atoms with Crippen LogP contribution < -0.4 is 0 Å². The fraction of sp³-hybridized carbons (Fsp3) is 0.300. The zero-order valence-corrected chi connectivity index (χ0v) is 12.8. The van der Waals surface area contributed by atoms with Crippen LogP contribution in [-0.2, 0) is 19.4 Å². The highest BCUT2D eigenvalue weighted by atomic mass is 14.9. The fourth-order valence-electron chi connectivity index (χ4n) is 3.07. The molecule has 0 aliphatic rings. The Morgan fingerprint density at radius 3 is 2.52 bits per heavy atom. The van der Waals surface area contributed by atoms with Crippen LogP contribution >= 0.6 is 0 Å². The lowest BCUT2D eigenvalue weighted by Crippen LogP contribution is -1.99. The highest BCUT2D eigenvalue weighted by Crippen LogP contribution is 2.21. The number of nitrogens with zero attached hydrogens (tertiary/aromatic N) is 1. The van der Waals surface area contributed by atoms with Crippen molar-refractivity contribution in [2.75, 3.05) is 0 Å². The van der Waals surface area contributed by atoms with Gasteiger partial charge in [0, 0.05) is 12.7 Å². The molecule has 108 valence electrons. The fourth-order valence-corrected chi connectivity index (χ4v) is 3.07. The average molecular weight is 277 g/mol. The Kier molecular flexibility index (Phi) is 4.40. The van der Waals surface area contributed by atoms with Crippen molar-refractivity contribution < 1.29 is 0 Å². The van der Waals surface area contributed by atoms with Crippen molar-refractivity contribution in [3.8, 4) is 0 Å². The van der Waals surface area contributed by atoms with E-state index >= 15 is 0 Å². The first-order valence-corrected chi connectivity index (χ1v) is 7.99. The maximum Gasteiger partial charge on any atom is 0.0512 e. The van der Waals surface area contributed by atoms with Gasteiger partial charge in [0.15, 0.2) is 0 Å². The van der Waals surface area contributed by atoms with E-state index in [9.17, 15) is 0 Å². The molecule has 0 radical (unpaired) electrons. The molecule has 3 aromatic rings. The standard InChI is InChI=1S/C20H23N/c1-2-18-12-8-13-19-14-16-21(20(18)19)15-7-6-11-17-9-4-3-5-10-17/h3-5,8-10,12-14,16H,2,6-7,11,15H2,1H3. The molecule has 1 aromatic heterocycles. The smallest absolute Gasteiger partial charge is 0.0512 e. The summed E-state index contributed by atoms with van der Waals surface area (Å²) in [7, 11) is 0. The third-order valence-corrected chi connectivity index (χ3v) is 4.21. The highest BCUT2D eigenvalue weighted by Gasteiger charge is 2.04. The number of aromatic nitrogens is 1. The topological polar surface area (TPSA) is 4.93 Å². The van der Waals surface area contributed by atoms with E-state index in [0.29, 0.717) is 0 Å². The van der Waals surface area contributed by atoms with E-state index < -0.39 is 0 Å². The van der Waals surface area contributed by atoms with Crippen molar-refractivity contribution >= 4 is 10.9 Å². The van der Waals surface area contributed by atoms with E-state index in [1.807, 2.05) is 0 Å². The summed E-state index contributed by atoms with van der Waals surface area (Å²) in [5.74, 6) is 0. The molecule has 2 aromatic carbocycles. The van der Waals surface area contributed by atoms with Gasteiger partial charge in [-0.2, -0.15) is 0 Å². The van der Waals surface area contributed by atoms with Gasteiger partial charge in [0.1, 0.15) is 0 Å². The van der Waals surface area contributed by atoms with E-state index in [-0.39, 0.29) is 0 Å². The average Bonchev–Trinajstić information content (AvgIpc) is 2.96. The summed E-state index contributed by atoms with van der Waals surface area (Å²) in [6.45, 7) is 3.36. The number of aryl methyl sites for hydroxylation is 3. The predicted molar refractivity (Wildman–Crippen MR) is 90.7 cm³/mol. The molecule has 0 atom stereocenters. The quantitative estimate of drug-likeness (QED) is 0.544. The van der Waals surface area contributed by atoms with Crippen molar-refractivity contribution in [2.24, 2.45) is 0 Å². The van der Waals surface area contributed by atoms with Crippen LogP contribution in [0.4, 0.5) is 0 Å². The Bertz CT molecular complexity index is 694. The molecule has 0 aliphatic carbocycles. The van der Waals surface area contributed by atoms with E-state index in [4.69, 9.17) is 0 Å². The summed E-state index contributed by atoms with van der Waals surface area (Å²) in [6, 6.07) is 19.7. The number of para-hydroxylation sites is 1. The molecule has 0 aliphatic heterocycles. The number of hydrogen-bond donors (Lipinski definition) is 0. The van der Waals surface area contributed by atoms with Crippen LogP contribution in [-0.4, -0.2) is 4.57 Å². The van der Waals surface area contributed by atoms with Gasteiger partial charge >= 0.3 is 0 Å². The van der Waals surface area contributed by atoms with Gasteiger partial charge in [-0.1, -0.05) is 55.5 Å². The van der Waals surface area contributed by atoms with Crippen molar-refractivity contribution in [2.45, 2.75) is 39.2 Å². The van der Waals surface area contributed by atoms with Crippen LogP contribution in [0.1, 0.15) is 30.9 Å². The van der Waals surface area contributed by atoms with Gasteiger partial charge in [-0.25, -0.2) is 0 Å². The van der Waals surface area contributed by atoms with Crippen LogP contribution in [0.15, 0.2) is 60.8 Å². The summed E-state index contributed by atoms with van der Waals surface area (Å²) < 4.78 is 2.43. The number of hydrogen-bond acceptors (Lipinski definition) is 0. The van der Waals surface area contributed by atoms with Crippen LogP contribution in [0, 0.1) is 0 Å². The van der Waals surface area contributed by atoms with Gasteiger partial charge in [-0.05, 0) is 48.3 Å². The third kappa shape index (κ3) is 3.18. The molecular weight excluding hydrogens is 254 g/mol. The van der Waals surface area contributed by atoms with Crippen molar-refractivity contribution in [3.63, 3.8) is 0 Å². The van der Waals surface area contributed by atoms with Crippen LogP contribution in [0.2, 0.25) is 0 Å². The molecule has 0 fully saturated rings. The molecule has 0 saturated carbocycles. The van der Waals surface area contributed by atoms with E-state index in [1.54, 1.807) is 0 Å². The van der Waals surface area contributed by atoms with Crippen molar-refractivity contribution in [3.05, 3.63) is 71.9 Å². The molecule has 0 bridgehead atoms. The summed E-state index contributed by atoms with van der Waals surface area (Å²) >= 11 is 0. The van der Waals surface area contributed by atoms with E-state index in [0.717, 1.165) is 13.0 Å². The van der Waals surface area contributed by atoms with Crippen molar-refractivity contribution in [1.82, 2.24) is 4.57 Å². The first kappa shape index (κ1) is 13.9. The van der Waals surface area contributed by atoms with Gasteiger partial charge in [-0.3, -0.25) is 0 Å². The van der Waals surface area contributed by atoms with Gasteiger partial charge in [0.05, 0.1) is 5.52 Å². The molecule has 1 heterocycles. The normalized spacial score (nSPS) is 11.1. The lowest BCUT2D eigenvalue weighted by atomic mass is 10.1. The maximum absolute atomic E-state index is 2.43. The molecule has 0 unspecified atom stereocenters. The maximum atomic E-state index is 2.43. The number of unbranched alkanes of at least 4 members (excludes halogenated alkanes) is 1. The Morgan fingerprint density at radius 2 is 1.71 bits per heavy atom. The van der Waals surface area contributed by atoms with Crippen LogP contribution in [0.5, 0.6) is 0 Å². The summed E-state index contributed by atoms with van der Waals surface area (Å²) in [4.78, 5) is 0. The minimum Gasteiger partial charge on any atom is -0.347 e. The predicted octanol–water partition coefficient (Wildman–Crippen LogP) is 5.23. The van der Waals surface area contributed by atoms with Gasteiger partial charge in [0.2, 0.25) is 0 Å². The van der Waals surface area contributed by atoms with E-state index in [1.165, 1.54) is 41.3 Å². The Labute approximate surface area is 127 Å². The van der Waals surface area contributed by atoms with E-state index in [2.05, 4.69) is 72.3 Å². The summed E-state index contributed by atoms with van der Waals surface area (Å²) in [6.07, 6.45) is 7.01. The molecule has 0 amide bonds. The molecule has 1 heteroatoms. The minimum absolute atomic E-state index is 1.10. The lowest BCUT2D eigenvalue weighted by Gasteiger charge is -2.09. The molecule has 0 saturated heterocycles. The zero-order valence-electron chi connectivity index (χ0n) is 12.8. The van der Waals surface area contributed by atoms with Gasteiger partial charge < -0.3 is 4.57 Å². The van der Waals surface area contributed by atoms with Crippen LogP contribution in [0.25, 0.3) is 10.9 Å². The second kappa shape index (κ2) is 6.62. The Balaban J connectivity index is 1.63. The largest absolute Gasteiger partial charge is 0.347 e. The van der Waals surface area contributed by atoms with Gasteiger partial charge in [-0.15, -0.1) is 0 Å². The molecular formula is C20H23N. The highest BCUT2D eigenvalue weighted by molar-refractivity contribution is 5.83. The molecule has 21 heavy (non-hydrogen) atoms. The van der Waals surface area contributed by atoms with Crippen LogP contribution in [0.3, 0.4) is 0 Å². The summed E-state index contributed by atoms with van der Waals surface area (Å²) in [5.41, 5.74) is 4.34. The number of benzene rings is 2.